The van der Waals surface area contributed by atoms with Crippen LogP contribution in [0.25, 0.3) is 10.9 Å². The molecule has 2 aromatic carbocycles. The van der Waals surface area contributed by atoms with E-state index in [2.05, 4.69) is 9.82 Å². The zero-order valence-corrected chi connectivity index (χ0v) is 38.2. The number of esters is 1. The number of benzene rings is 2. The van der Waals surface area contributed by atoms with Gasteiger partial charge in [-0.2, -0.15) is 23.0 Å². The SMILES string of the molecule is CC[Si](CC)(CC)OC(CN(CCOc1ccc2c(C(F)(F)F)nn(C(=O)OC(C)(C)C)c2c1)C(=O)OC(C)(C)C)c1ccc(F)c(NS(=O)(=O)CC(=O)OC(C)(C)C)c1. The van der Waals surface area contributed by atoms with Crippen LogP contribution in [0.2, 0.25) is 18.1 Å². The molecule has 0 saturated carbocycles. The molecule has 1 unspecified atom stereocenters. The molecule has 14 nitrogen and oxygen atoms in total. The molecule has 0 radical (unpaired) electrons. The van der Waals surface area contributed by atoms with Crippen molar-refractivity contribution in [1.82, 2.24) is 14.7 Å². The molecule has 0 spiro atoms. The largest absolute Gasteiger partial charge is 0.492 e. The van der Waals surface area contributed by atoms with E-state index in [-0.39, 0.29) is 36.3 Å². The molecule has 1 aromatic heterocycles. The molecular formula is C40H58F4N4O10SSi. The van der Waals surface area contributed by atoms with E-state index in [0.29, 0.717) is 28.4 Å². The second-order valence-corrected chi connectivity index (χ2v) is 23.7. The maximum Gasteiger partial charge on any atom is 0.435 e. The Morgan fingerprint density at radius 1 is 0.850 bits per heavy atom. The van der Waals surface area contributed by atoms with Crippen LogP contribution in [0.15, 0.2) is 36.4 Å². The average Bonchev–Trinajstić information content (AvgIpc) is 3.48. The maximum atomic E-state index is 15.2. The lowest BCUT2D eigenvalue weighted by atomic mass is 10.1. The molecule has 0 saturated heterocycles. The number of anilines is 1. The van der Waals surface area contributed by atoms with Crippen molar-refractivity contribution >= 4 is 53.1 Å². The van der Waals surface area contributed by atoms with E-state index in [9.17, 15) is 36.0 Å². The molecule has 0 aliphatic carbocycles. The minimum Gasteiger partial charge on any atom is -0.492 e. The molecule has 3 aromatic rings. The number of amides is 1. The zero-order chi connectivity index (χ0) is 45.6. The van der Waals surface area contributed by atoms with Gasteiger partial charge in [0.15, 0.2) is 19.8 Å². The van der Waals surface area contributed by atoms with Gasteiger partial charge in [0.25, 0.3) is 0 Å². The van der Waals surface area contributed by atoms with Gasteiger partial charge in [-0.25, -0.2) is 22.4 Å². The van der Waals surface area contributed by atoms with Gasteiger partial charge in [0.2, 0.25) is 10.0 Å². The quantitative estimate of drug-likeness (QED) is 0.0631. The fourth-order valence-corrected chi connectivity index (χ4v) is 9.71. The standard InChI is InChI=1S/C40H58F4N4O10SSi/c1-13-60(14-2,15-3)58-32(26-16-19-29(41)30(22-26)46-59(52,53)25-33(49)55-37(4,5)6)24-47(35(50)56-38(7,8)9)20-21-54-27-17-18-28-31(23-27)48(36(51)57-39(10,11)12)45-34(28)40(42,43)44/h16-19,22-23,32,46H,13-15,20-21,24-25H2,1-12H3. The monoisotopic (exact) mass is 890 g/mol. The number of alkyl halides is 3. The Balaban J connectivity index is 2.02. The summed E-state index contributed by atoms with van der Waals surface area (Å²) in [5.74, 6) is -2.99. The Kier molecular flexibility index (Phi) is 15.9. The number of hydrogen-bond acceptors (Lipinski definition) is 11. The number of sulfonamides is 1. The molecule has 1 N–H and O–H groups in total. The fraction of sp³-hybridized carbons (Fsp3) is 0.600. The summed E-state index contributed by atoms with van der Waals surface area (Å²) < 4.78 is 115. The minimum absolute atomic E-state index is 0.0501. The van der Waals surface area contributed by atoms with Crippen molar-refractivity contribution in [3.63, 3.8) is 0 Å². The van der Waals surface area contributed by atoms with Crippen LogP contribution in [0.5, 0.6) is 5.75 Å². The van der Waals surface area contributed by atoms with E-state index < -0.39 is 88.5 Å². The summed E-state index contributed by atoms with van der Waals surface area (Å²) in [6.45, 7) is 19.8. The minimum atomic E-state index is -4.89. The van der Waals surface area contributed by atoms with Crippen LogP contribution >= 0.6 is 0 Å². The number of rotatable bonds is 16. The number of carbonyl (C=O) groups is 3. The normalized spacial score (nSPS) is 13.5. The highest BCUT2D eigenvalue weighted by atomic mass is 32.2. The van der Waals surface area contributed by atoms with Gasteiger partial charge < -0.3 is 28.3 Å². The van der Waals surface area contributed by atoms with Crippen LogP contribution in [0.4, 0.5) is 32.8 Å². The highest BCUT2D eigenvalue weighted by Crippen LogP contribution is 2.36. The Hall–Kier alpha value is -4.43. The number of hydrogen-bond donors (Lipinski definition) is 1. The summed E-state index contributed by atoms with van der Waals surface area (Å²) >= 11 is 0. The van der Waals surface area contributed by atoms with Crippen molar-refractivity contribution in [3.05, 3.63) is 53.5 Å². The summed E-state index contributed by atoms with van der Waals surface area (Å²) in [6, 6.07) is 9.35. The highest BCUT2D eigenvalue weighted by molar-refractivity contribution is 7.93. The van der Waals surface area contributed by atoms with E-state index in [1.165, 1.54) is 29.2 Å². The number of halogens is 4. The van der Waals surface area contributed by atoms with E-state index in [1.807, 2.05) is 20.8 Å². The zero-order valence-electron chi connectivity index (χ0n) is 36.3. The number of fused-ring (bicyclic) bond motifs is 1. The summed E-state index contributed by atoms with van der Waals surface area (Å²) in [7, 11) is -6.95. The van der Waals surface area contributed by atoms with Gasteiger partial charge in [-0.1, -0.05) is 26.8 Å². The van der Waals surface area contributed by atoms with Gasteiger partial charge in [-0.05, 0) is 110 Å². The number of nitrogens with zero attached hydrogens (tertiary/aromatic N) is 3. The molecule has 0 aliphatic rings. The van der Waals surface area contributed by atoms with Crippen molar-refractivity contribution in [1.29, 1.82) is 0 Å². The lowest BCUT2D eigenvalue weighted by Gasteiger charge is -2.36. The smallest absolute Gasteiger partial charge is 0.435 e. The topological polar surface area (TPSA) is 165 Å². The van der Waals surface area contributed by atoms with E-state index in [4.69, 9.17) is 23.4 Å². The van der Waals surface area contributed by atoms with Gasteiger partial charge in [0.05, 0.1) is 30.4 Å². The Labute approximate surface area is 350 Å². The van der Waals surface area contributed by atoms with E-state index in [1.54, 1.807) is 62.3 Å². The molecule has 20 heteroatoms. The van der Waals surface area contributed by atoms with Gasteiger partial charge in [-0.3, -0.25) is 9.52 Å². The highest BCUT2D eigenvalue weighted by Gasteiger charge is 2.39. The third-order valence-corrected chi connectivity index (χ3v) is 14.6. The van der Waals surface area contributed by atoms with Crippen LogP contribution < -0.4 is 9.46 Å². The second kappa shape index (κ2) is 19.1. The second-order valence-electron chi connectivity index (χ2n) is 17.2. The van der Waals surface area contributed by atoms with Crippen LogP contribution in [0, 0.1) is 5.82 Å². The van der Waals surface area contributed by atoms with Crippen molar-refractivity contribution in [2.24, 2.45) is 0 Å². The fourth-order valence-electron chi connectivity index (χ4n) is 5.96. The van der Waals surface area contributed by atoms with Gasteiger partial charge in [0.1, 0.15) is 35.0 Å². The molecular weight excluding hydrogens is 833 g/mol. The van der Waals surface area contributed by atoms with Gasteiger partial charge in [-0.15, -0.1) is 0 Å². The van der Waals surface area contributed by atoms with E-state index in [0.717, 1.165) is 12.1 Å². The third-order valence-electron chi connectivity index (χ3n) is 8.84. The van der Waals surface area contributed by atoms with Gasteiger partial charge in [0, 0.05) is 11.5 Å². The predicted molar refractivity (Wildman–Crippen MR) is 220 cm³/mol. The van der Waals surface area contributed by atoms with Crippen LogP contribution in [0.3, 0.4) is 0 Å². The van der Waals surface area contributed by atoms with Crippen LogP contribution in [0.1, 0.15) is 100 Å². The number of nitrogens with one attached hydrogen (secondary N) is 1. The first-order chi connectivity index (χ1) is 27.4. The molecule has 1 heterocycles. The Morgan fingerprint density at radius 3 is 1.97 bits per heavy atom. The Morgan fingerprint density at radius 2 is 1.43 bits per heavy atom. The van der Waals surface area contributed by atoms with Crippen molar-refractivity contribution < 1.29 is 63.7 Å². The molecule has 336 valence electrons. The molecule has 3 rings (SSSR count). The Bertz CT molecular complexity index is 2100. The predicted octanol–water partition coefficient (Wildman–Crippen LogP) is 9.44. The molecule has 0 aliphatic heterocycles. The molecule has 60 heavy (non-hydrogen) atoms. The number of carbonyl (C=O) groups excluding carboxylic acids is 3. The molecule has 1 atom stereocenters. The average molecular weight is 891 g/mol. The molecule has 0 bridgehead atoms. The van der Waals surface area contributed by atoms with Crippen LogP contribution in [-0.4, -0.2) is 91.8 Å². The number of ether oxygens (including phenoxy) is 4. The lowest BCUT2D eigenvalue weighted by Crippen LogP contribution is -2.45. The summed E-state index contributed by atoms with van der Waals surface area (Å²) in [6.07, 6.45) is -7.73. The number of aromatic nitrogens is 2. The summed E-state index contributed by atoms with van der Waals surface area (Å²) in [4.78, 5) is 40.4. The van der Waals surface area contributed by atoms with E-state index >= 15 is 4.39 Å². The first-order valence-electron chi connectivity index (χ1n) is 19.5. The summed E-state index contributed by atoms with van der Waals surface area (Å²) in [5, 5.41) is 3.16. The van der Waals surface area contributed by atoms with Gasteiger partial charge >= 0.3 is 24.3 Å². The first-order valence-corrected chi connectivity index (χ1v) is 23.7. The van der Waals surface area contributed by atoms with Crippen molar-refractivity contribution in [3.8, 4) is 5.75 Å². The van der Waals surface area contributed by atoms with Crippen molar-refractivity contribution in [2.45, 2.75) is 130 Å². The molecule has 0 fully saturated rings. The van der Waals surface area contributed by atoms with Crippen LogP contribution in [-0.2, 0) is 39.6 Å². The maximum absolute atomic E-state index is 15.2. The lowest BCUT2D eigenvalue weighted by molar-refractivity contribution is -0.151. The third kappa shape index (κ3) is 14.6. The first kappa shape index (κ1) is 49.9. The van der Waals surface area contributed by atoms with Crippen molar-refractivity contribution in [2.75, 3.05) is 30.2 Å². The summed E-state index contributed by atoms with van der Waals surface area (Å²) in [5.41, 5.74) is -4.59. The molecule has 1 amide bonds.